The Hall–Kier alpha value is -0.570. The summed E-state index contributed by atoms with van der Waals surface area (Å²) >= 11 is 0. The second-order valence-corrected chi connectivity index (χ2v) is 4.99. The molecule has 1 amide bonds. The Bertz CT molecular complexity index is 222. The average Bonchev–Trinajstić information content (AvgIpc) is 2.78. The minimum absolute atomic E-state index is 0.110. The summed E-state index contributed by atoms with van der Waals surface area (Å²) in [5.41, 5.74) is -0.110. The van der Waals surface area contributed by atoms with Gasteiger partial charge in [0.25, 0.3) is 0 Å². The van der Waals surface area contributed by atoms with Gasteiger partial charge in [-0.25, -0.2) is 0 Å². The standard InChI is InChI=1S/C13H26N2O/c1-4-6-7-10-15(3)12(16)13(5-2)8-9-14-11-13/h14H,4-11H2,1-3H3. The van der Waals surface area contributed by atoms with Gasteiger partial charge in [-0.15, -0.1) is 0 Å². The average molecular weight is 226 g/mol. The molecule has 1 aliphatic heterocycles. The number of carbonyl (C=O) groups is 1. The molecule has 16 heavy (non-hydrogen) atoms. The first kappa shape index (κ1) is 13.5. The van der Waals surface area contributed by atoms with Crippen LogP contribution in [0, 0.1) is 5.41 Å². The second-order valence-electron chi connectivity index (χ2n) is 4.99. The molecule has 3 heteroatoms. The van der Waals surface area contributed by atoms with Gasteiger partial charge >= 0.3 is 0 Å². The van der Waals surface area contributed by atoms with Crippen molar-refractivity contribution < 1.29 is 4.79 Å². The van der Waals surface area contributed by atoms with Gasteiger partial charge in [0.05, 0.1) is 5.41 Å². The summed E-state index contributed by atoms with van der Waals surface area (Å²) in [5, 5.41) is 3.32. The third kappa shape index (κ3) is 2.97. The first-order valence-electron chi connectivity index (χ1n) is 6.62. The van der Waals surface area contributed by atoms with Crippen molar-refractivity contribution in [1.82, 2.24) is 10.2 Å². The molecule has 94 valence electrons. The maximum absolute atomic E-state index is 12.4. The van der Waals surface area contributed by atoms with Crippen molar-refractivity contribution in [1.29, 1.82) is 0 Å². The Balaban J connectivity index is 2.47. The molecule has 0 saturated carbocycles. The van der Waals surface area contributed by atoms with Gasteiger partial charge in [0.2, 0.25) is 5.91 Å². The fraction of sp³-hybridized carbons (Fsp3) is 0.923. The molecule has 0 aliphatic carbocycles. The molecule has 0 spiro atoms. The van der Waals surface area contributed by atoms with Crippen LogP contribution in [-0.2, 0) is 4.79 Å². The smallest absolute Gasteiger partial charge is 0.229 e. The van der Waals surface area contributed by atoms with Gasteiger partial charge < -0.3 is 10.2 Å². The van der Waals surface area contributed by atoms with E-state index in [-0.39, 0.29) is 5.41 Å². The van der Waals surface area contributed by atoms with E-state index in [2.05, 4.69) is 19.2 Å². The lowest BCUT2D eigenvalue weighted by Gasteiger charge is -2.30. The van der Waals surface area contributed by atoms with Crippen molar-refractivity contribution in [2.75, 3.05) is 26.7 Å². The van der Waals surface area contributed by atoms with Crippen LogP contribution >= 0.6 is 0 Å². The summed E-state index contributed by atoms with van der Waals surface area (Å²) in [6, 6.07) is 0. The van der Waals surface area contributed by atoms with E-state index in [9.17, 15) is 4.79 Å². The number of hydrogen-bond acceptors (Lipinski definition) is 2. The molecule has 1 saturated heterocycles. The van der Waals surface area contributed by atoms with Crippen molar-refractivity contribution in [2.24, 2.45) is 5.41 Å². The van der Waals surface area contributed by atoms with Crippen LogP contribution in [0.25, 0.3) is 0 Å². The largest absolute Gasteiger partial charge is 0.345 e. The molecule has 1 N–H and O–H groups in total. The van der Waals surface area contributed by atoms with Gasteiger partial charge in [0, 0.05) is 20.1 Å². The third-order valence-corrected chi connectivity index (χ3v) is 3.82. The summed E-state index contributed by atoms with van der Waals surface area (Å²) in [7, 11) is 1.95. The predicted octanol–water partition coefficient (Wildman–Crippen LogP) is 2.02. The Kier molecular flexibility index (Phi) is 5.26. The van der Waals surface area contributed by atoms with Gasteiger partial charge in [0.1, 0.15) is 0 Å². The van der Waals surface area contributed by atoms with Crippen LogP contribution < -0.4 is 5.32 Å². The van der Waals surface area contributed by atoms with E-state index in [0.29, 0.717) is 5.91 Å². The summed E-state index contributed by atoms with van der Waals surface area (Å²) in [5.74, 6) is 0.344. The highest BCUT2D eigenvalue weighted by Gasteiger charge is 2.40. The molecule has 0 bridgehead atoms. The van der Waals surface area contributed by atoms with Crippen LogP contribution in [0.2, 0.25) is 0 Å². The topological polar surface area (TPSA) is 32.3 Å². The molecule has 1 fully saturated rings. The van der Waals surface area contributed by atoms with Gasteiger partial charge in [-0.05, 0) is 25.8 Å². The van der Waals surface area contributed by atoms with Crippen LogP contribution in [0.4, 0.5) is 0 Å². The second kappa shape index (κ2) is 6.24. The van der Waals surface area contributed by atoms with E-state index in [1.807, 2.05) is 11.9 Å². The molecule has 1 heterocycles. The zero-order valence-electron chi connectivity index (χ0n) is 11.0. The first-order valence-corrected chi connectivity index (χ1v) is 6.62. The van der Waals surface area contributed by atoms with E-state index >= 15 is 0 Å². The Morgan fingerprint density at radius 3 is 2.62 bits per heavy atom. The van der Waals surface area contributed by atoms with Gasteiger partial charge in [-0.3, -0.25) is 4.79 Å². The molecule has 3 nitrogen and oxygen atoms in total. The van der Waals surface area contributed by atoms with Crippen LogP contribution in [0.15, 0.2) is 0 Å². The first-order chi connectivity index (χ1) is 7.66. The van der Waals surface area contributed by atoms with Crippen molar-refractivity contribution >= 4 is 5.91 Å². The molecule has 0 aromatic carbocycles. The van der Waals surface area contributed by atoms with Crippen molar-refractivity contribution in [2.45, 2.75) is 46.0 Å². The van der Waals surface area contributed by atoms with Crippen LogP contribution in [-0.4, -0.2) is 37.5 Å². The van der Waals surface area contributed by atoms with E-state index in [1.165, 1.54) is 12.8 Å². The van der Waals surface area contributed by atoms with Crippen LogP contribution in [0.5, 0.6) is 0 Å². The molecule has 0 radical (unpaired) electrons. The van der Waals surface area contributed by atoms with Crippen molar-refractivity contribution in [3.05, 3.63) is 0 Å². The van der Waals surface area contributed by atoms with Crippen LogP contribution in [0.1, 0.15) is 46.0 Å². The number of unbranched alkanes of at least 4 members (excludes halogenated alkanes) is 2. The minimum Gasteiger partial charge on any atom is -0.345 e. The molecule has 1 atom stereocenters. The Morgan fingerprint density at radius 2 is 2.12 bits per heavy atom. The highest BCUT2D eigenvalue weighted by Crippen LogP contribution is 2.31. The maximum atomic E-state index is 12.4. The lowest BCUT2D eigenvalue weighted by atomic mass is 9.83. The van der Waals surface area contributed by atoms with Gasteiger partial charge in [-0.1, -0.05) is 26.7 Å². The molecular formula is C13H26N2O. The zero-order chi connectivity index (χ0) is 12.0. The lowest BCUT2D eigenvalue weighted by molar-refractivity contribution is -0.140. The highest BCUT2D eigenvalue weighted by atomic mass is 16.2. The fourth-order valence-electron chi connectivity index (χ4n) is 2.48. The quantitative estimate of drug-likeness (QED) is 0.703. The van der Waals surface area contributed by atoms with Gasteiger partial charge in [-0.2, -0.15) is 0 Å². The van der Waals surface area contributed by atoms with Crippen LogP contribution in [0.3, 0.4) is 0 Å². The Labute approximate surface area is 99.6 Å². The number of hydrogen-bond donors (Lipinski definition) is 1. The summed E-state index contributed by atoms with van der Waals surface area (Å²) in [6.45, 7) is 7.08. The van der Waals surface area contributed by atoms with E-state index in [4.69, 9.17) is 0 Å². The molecule has 1 aliphatic rings. The summed E-state index contributed by atoms with van der Waals surface area (Å²) in [6.07, 6.45) is 5.51. The van der Waals surface area contributed by atoms with E-state index in [0.717, 1.165) is 38.9 Å². The number of amides is 1. The lowest BCUT2D eigenvalue weighted by Crippen LogP contribution is -2.43. The number of nitrogens with zero attached hydrogens (tertiary/aromatic N) is 1. The van der Waals surface area contributed by atoms with Crippen molar-refractivity contribution in [3.8, 4) is 0 Å². The SMILES string of the molecule is CCCCCN(C)C(=O)C1(CC)CCNC1. The normalized spacial score (nSPS) is 24.7. The van der Waals surface area contributed by atoms with Crippen molar-refractivity contribution in [3.63, 3.8) is 0 Å². The summed E-state index contributed by atoms with van der Waals surface area (Å²) in [4.78, 5) is 14.3. The highest BCUT2D eigenvalue weighted by molar-refractivity contribution is 5.83. The molecule has 0 aromatic heterocycles. The number of carbonyl (C=O) groups excluding carboxylic acids is 1. The number of rotatable bonds is 6. The van der Waals surface area contributed by atoms with E-state index < -0.39 is 0 Å². The fourth-order valence-corrected chi connectivity index (χ4v) is 2.48. The third-order valence-electron chi connectivity index (χ3n) is 3.82. The van der Waals surface area contributed by atoms with Gasteiger partial charge in [0.15, 0.2) is 0 Å². The zero-order valence-corrected chi connectivity index (χ0v) is 11.0. The molecule has 1 unspecified atom stereocenters. The predicted molar refractivity (Wildman–Crippen MR) is 67.4 cm³/mol. The van der Waals surface area contributed by atoms with E-state index in [1.54, 1.807) is 0 Å². The molecule has 0 aromatic rings. The minimum atomic E-state index is -0.110. The monoisotopic (exact) mass is 226 g/mol. The number of nitrogens with one attached hydrogen (secondary N) is 1. The summed E-state index contributed by atoms with van der Waals surface area (Å²) < 4.78 is 0. The Morgan fingerprint density at radius 1 is 1.38 bits per heavy atom. The molecular weight excluding hydrogens is 200 g/mol. The maximum Gasteiger partial charge on any atom is 0.229 e. The molecule has 1 rings (SSSR count).